The third-order valence-corrected chi connectivity index (χ3v) is 3.26. The summed E-state index contributed by atoms with van der Waals surface area (Å²) in [5, 5.41) is 0. The van der Waals surface area contributed by atoms with Crippen molar-refractivity contribution in [2.45, 2.75) is 38.9 Å². The highest BCUT2D eigenvalue weighted by atomic mass is 16.5. The van der Waals surface area contributed by atoms with Crippen molar-refractivity contribution >= 4 is 5.82 Å². The molecule has 1 aliphatic rings. The number of nitrogens with zero attached hydrogens (tertiary/aromatic N) is 2. The van der Waals surface area contributed by atoms with E-state index in [4.69, 9.17) is 15.2 Å². The van der Waals surface area contributed by atoms with Gasteiger partial charge in [0.15, 0.2) is 11.6 Å². The Morgan fingerprint density at radius 2 is 2.35 bits per heavy atom. The van der Waals surface area contributed by atoms with Crippen molar-refractivity contribution in [2.24, 2.45) is 5.73 Å². The maximum Gasteiger partial charge on any atom is 0.171 e. The Morgan fingerprint density at radius 1 is 1.55 bits per heavy atom. The van der Waals surface area contributed by atoms with Gasteiger partial charge in [0.05, 0.1) is 18.3 Å². The first-order chi connectivity index (χ1) is 9.55. The highest BCUT2D eigenvalue weighted by Crippen LogP contribution is 2.30. The largest absolute Gasteiger partial charge is 0.490 e. The molecule has 1 aromatic heterocycles. The van der Waals surface area contributed by atoms with Gasteiger partial charge in [0.2, 0.25) is 0 Å². The highest BCUT2D eigenvalue weighted by Gasteiger charge is 2.34. The summed E-state index contributed by atoms with van der Waals surface area (Å²) in [6, 6.07) is 3.87. The van der Waals surface area contributed by atoms with Gasteiger partial charge in [-0.05, 0) is 32.4 Å². The lowest BCUT2D eigenvalue weighted by atomic mass is 10.0. The quantitative estimate of drug-likeness (QED) is 0.890. The molecule has 0 aromatic carbocycles. The van der Waals surface area contributed by atoms with Crippen molar-refractivity contribution in [3.63, 3.8) is 0 Å². The molecule has 0 spiro atoms. The van der Waals surface area contributed by atoms with E-state index in [2.05, 4.69) is 30.7 Å². The average molecular weight is 279 g/mol. The summed E-state index contributed by atoms with van der Waals surface area (Å²) in [6.07, 6.45) is 2.81. The molecule has 112 valence electrons. The van der Waals surface area contributed by atoms with Crippen LogP contribution in [0, 0.1) is 0 Å². The topological polar surface area (TPSA) is 60.6 Å². The average Bonchev–Trinajstić information content (AvgIpc) is 2.43. The van der Waals surface area contributed by atoms with Gasteiger partial charge in [0.25, 0.3) is 0 Å². The van der Waals surface area contributed by atoms with Gasteiger partial charge in [0.1, 0.15) is 0 Å². The van der Waals surface area contributed by atoms with Crippen LogP contribution in [0.15, 0.2) is 18.3 Å². The molecule has 2 rings (SSSR count). The SMILES string of the molecule is CCCOc1cccnc1N1CC(CN)OC(C)(C)C1. The lowest BCUT2D eigenvalue weighted by Crippen LogP contribution is -2.55. The van der Waals surface area contributed by atoms with Crippen molar-refractivity contribution < 1.29 is 9.47 Å². The molecule has 0 bridgehead atoms. The monoisotopic (exact) mass is 279 g/mol. The number of morpholine rings is 1. The number of anilines is 1. The predicted molar refractivity (Wildman–Crippen MR) is 80.2 cm³/mol. The van der Waals surface area contributed by atoms with E-state index in [1.54, 1.807) is 6.20 Å². The summed E-state index contributed by atoms with van der Waals surface area (Å²) in [5.41, 5.74) is 5.55. The molecule has 5 heteroatoms. The fourth-order valence-corrected chi connectivity index (χ4v) is 2.52. The third kappa shape index (κ3) is 3.61. The molecule has 1 saturated heterocycles. The zero-order valence-corrected chi connectivity index (χ0v) is 12.6. The number of rotatable bonds is 5. The van der Waals surface area contributed by atoms with Crippen molar-refractivity contribution in [2.75, 3.05) is 31.1 Å². The summed E-state index contributed by atoms with van der Waals surface area (Å²) < 4.78 is 11.8. The van der Waals surface area contributed by atoms with Gasteiger partial charge in [-0.3, -0.25) is 0 Å². The fourth-order valence-electron chi connectivity index (χ4n) is 2.52. The number of hydrogen-bond acceptors (Lipinski definition) is 5. The van der Waals surface area contributed by atoms with Crippen molar-refractivity contribution in [3.8, 4) is 5.75 Å². The molecule has 0 radical (unpaired) electrons. The van der Waals surface area contributed by atoms with Crippen molar-refractivity contribution in [3.05, 3.63) is 18.3 Å². The van der Waals surface area contributed by atoms with Gasteiger partial charge in [0, 0.05) is 25.8 Å². The summed E-state index contributed by atoms with van der Waals surface area (Å²) in [6.45, 7) is 9.00. The lowest BCUT2D eigenvalue weighted by molar-refractivity contribution is -0.0791. The zero-order chi connectivity index (χ0) is 14.6. The third-order valence-electron chi connectivity index (χ3n) is 3.26. The Balaban J connectivity index is 2.21. The normalized spacial score (nSPS) is 21.8. The molecule has 1 aromatic rings. The van der Waals surface area contributed by atoms with E-state index in [0.717, 1.165) is 31.1 Å². The second-order valence-corrected chi connectivity index (χ2v) is 5.79. The molecule has 1 unspecified atom stereocenters. The van der Waals surface area contributed by atoms with Gasteiger partial charge in [-0.2, -0.15) is 0 Å². The Morgan fingerprint density at radius 3 is 3.05 bits per heavy atom. The second-order valence-electron chi connectivity index (χ2n) is 5.79. The first-order valence-corrected chi connectivity index (χ1v) is 7.26. The van der Waals surface area contributed by atoms with Crippen LogP contribution in [-0.2, 0) is 4.74 Å². The van der Waals surface area contributed by atoms with E-state index < -0.39 is 0 Å². The minimum Gasteiger partial charge on any atom is -0.490 e. The number of pyridine rings is 1. The van der Waals surface area contributed by atoms with Gasteiger partial charge in [-0.25, -0.2) is 4.98 Å². The number of hydrogen-bond donors (Lipinski definition) is 1. The van der Waals surface area contributed by atoms with Crippen LogP contribution in [0.2, 0.25) is 0 Å². The summed E-state index contributed by atoms with van der Waals surface area (Å²) >= 11 is 0. The number of aromatic nitrogens is 1. The lowest BCUT2D eigenvalue weighted by Gasteiger charge is -2.43. The molecule has 0 aliphatic carbocycles. The van der Waals surface area contributed by atoms with Crippen LogP contribution in [-0.4, -0.2) is 42.9 Å². The molecular weight excluding hydrogens is 254 g/mol. The van der Waals surface area contributed by atoms with E-state index >= 15 is 0 Å². The van der Waals surface area contributed by atoms with E-state index in [1.165, 1.54) is 0 Å². The first kappa shape index (κ1) is 15.1. The molecule has 20 heavy (non-hydrogen) atoms. The van der Waals surface area contributed by atoms with E-state index in [9.17, 15) is 0 Å². The molecule has 2 heterocycles. The second kappa shape index (κ2) is 6.41. The summed E-state index contributed by atoms with van der Waals surface area (Å²) in [5.74, 6) is 1.72. The molecule has 0 amide bonds. The van der Waals surface area contributed by atoms with Crippen LogP contribution in [0.5, 0.6) is 5.75 Å². The van der Waals surface area contributed by atoms with Gasteiger partial charge in [-0.15, -0.1) is 0 Å². The number of ether oxygens (including phenoxy) is 2. The van der Waals surface area contributed by atoms with E-state index in [0.29, 0.717) is 13.2 Å². The summed E-state index contributed by atoms with van der Waals surface area (Å²) in [4.78, 5) is 6.71. The fraction of sp³-hybridized carbons (Fsp3) is 0.667. The van der Waals surface area contributed by atoms with Crippen LogP contribution in [0.1, 0.15) is 27.2 Å². The van der Waals surface area contributed by atoms with Crippen LogP contribution in [0.4, 0.5) is 5.82 Å². The van der Waals surface area contributed by atoms with Gasteiger partial charge < -0.3 is 20.1 Å². The molecule has 2 N–H and O–H groups in total. The molecule has 1 fully saturated rings. The maximum atomic E-state index is 5.96. The van der Waals surface area contributed by atoms with Gasteiger partial charge in [-0.1, -0.05) is 6.92 Å². The molecule has 1 atom stereocenters. The maximum absolute atomic E-state index is 5.96. The number of nitrogens with two attached hydrogens (primary N) is 1. The minimum absolute atomic E-state index is 0.0276. The zero-order valence-electron chi connectivity index (χ0n) is 12.6. The van der Waals surface area contributed by atoms with Crippen molar-refractivity contribution in [1.29, 1.82) is 0 Å². The van der Waals surface area contributed by atoms with E-state index in [1.807, 2.05) is 12.1 Å². The highest BCUT2D eigenvalue weighted by molar-refractivity contribution is 5.52. The summed E-state index contributed by atoms with van der Waals surface area (Å²) in [7, 11) is 0. The Hall–Kier alpha value is -1.33. The standard InChI is InChI=1S/C15H25N3O2/c1-4-8-19-13-6-5-7-17-14(13)18-10-12(9-16)20-15(2,3)11-18/h5-7,12H,4,8-11,16H2,1-3H3. The molecule has 1 aliphatic heterocycles. The van der Waals surface area contributed by atoms with Crippen LogP contribution in [0.3, 0.4) is 0 Å². The smallest absolute Gasteiger partial charge is 0.171 e. The van der Waals surface area contributed by atoms with Gasteiger partial charge >= 0.3 is 0 Å². The Labute approximate surface area is 121 Å². The van der Waals surface area contributed by atoms with Crippen LogP contribution in [0.25, 0.3) is 0 Å². The van der Waals surface area contributed by atoms with Crippen LogP contribution >= 0.6 is 0 Å². The molecular formula is C15H25N3O2. The van der Waals surface area contributed by atoms with E-state index in [-0.39, 0.29) is 11.7 Å². The minimum atomic E-state index is -0.234. The van der Waals surface area contributed by atoms with Crippen molar-refractivity contribution in [1.82, 2.24) is 4.98 Å². The predicted octanol–water partition coefficient (Wildman–Crippen LogP) is 1.81. The van der Waals surface area contributed by atoms with Crippen LogP contribution < -0.4 is 15.4 Å². The Kier molecular flexibility index (Phi) is 4.83. The Bertz CT molecular complexity index is 437. The molecule has 0 saturated carbocycles. The first-order valence-electron chi connectivity index (χ1n) is 7.26. The molecule has 5 nitrogen and oxygen atoms in total.